The van der Waals surface area contributed by atoms with Crippen molar-refractivity contribution in [1.82, 2.24) is 0 Å². The Morgan fingerprint density at radius 3 is 2.50 bits per heavy atom. The van der Waals surface area contributed by atoms with Crippen LogP contribution in [-0.4, -0.2) is 5.11 Å². The SMILES string of the molecule is Cc1cc(Br)cc(C(O)c2cc(F)ccc2C)c1. The van der Waals surface area contributed by atoms with Crippen molar-refractivity contribution >= 4 is 15.9 Å². The van der Waals surface area contributed by atoms with E-state index in [0.29, 0.717) is 5.56 Å². The number of aliphatic hydroxyl groups excluding tert-OH is 1. The van der Waals surface area contributed by atoms with Gasteiger partial charge < -0.3 is 5.11 Å². The second kappa shape index (κ2) is 5.21. The van der Waals surface area contributed by atoms with E-state index in [0.717, 1.165) is 21.2 Å². The van der Waals surface area contributed by atoms with Gasteiger partial charge in [-0.05, 0) is 60.4 Å². The summed E-state index contributed by atoms with van der Waals surface area (Å²) in [6, 6.07) is 10.2. The van der Waals surface area contributed by atoms with Crippen LogP contribution in [0.4, 0.5) is 4.39 Å². The molecule has 0 bridgehead atoms. The molecule has 2 aromatic rings. The van der Waals surface area contributed by atoms with E-state index in [1.54, 1.807) is 6.07 Å². The minimum absolute atomic E-state index is 0.332. The maximum absolute atomic E-state index is 13.3. The zero-order valence-corrected chi connectivity index (χ0v) is 11.8. The Hall–Kier alpha value is -1.19. The monoisotopic (exact) mass is 308 g/mol. The Bertz CT molecular complexity index is 560. The van der Waals surface area contributed by atoms with Crippen LogP contribution in [0.3, 0.4) is 0 Å². The normalized spacial score (nSPS) is 12.5. The predicted molar refractivity (Wildman–Crippen MR) is 74.1 cm³/mol. The van der Waals surface area contributed by atoms with Gasteiger partial charge in [-0.2, -0.15) is 0 Å². The molecule has 0 aliphatic carbocycles. The largest absolute Gasteiger partial charge is 0.384 e. The lowest BCUT2D eigenvalue weighted by Gasteiger charge is -2.15. The van der Waals surface area contributed by atoms with Gasteiger partial charge in [0.2, 0.25) is 0 Å². The molecule has 0 aromatic heterocycles. The van der Waals surface area contributed by atoms with Gasteiger partial charge in [0.05, 0.1) is 0 Å². The average Bonchev–Trinajstić information content (AvgIpc) is 2.30. The fourth-order valence-electron chi connectivity index (χ4n) is 2.01. The molecule has 0 heterocycles. The molecule has 0 fully saturated rings. The molecule has 1 nitrogen and oxygen atoms in total. The van der Waals surface area contributed by atoms with E-state index >= 15 is 0 Å². The molecule has 3 heteroatoms. The van der Waals surface area contributed by atoms with Crippen LogP contribution in [0, 0.1) is 19.7 Å². The van der Waals surface area contributed by atoms with Gasteiger partial charge in [0.15, 0.2) is 0 Å². The molecule has 1 unspecified atom stereocenters. The Morgan fingerprint density at radius 2 is 1.83 bits per heavy atom. The van der Waals surface area contributed by atoms with Crippen LogP contribution < -0.4 is 0 Å². The molecule has 18 heavy (non-hydrogen) atoms. The van der Waals surface area contributed by atoms with Gasteiger partial charge in [-0.25, -0.2) is 4.39 Å². The Balaban J connectivity index is 2.47. The quantitative estimate of drug-likeness (QED) is 0.877. The van der Waals surface area contributed by atoms with Gasteiger partial charge in [-0.1, -0.05) is 28.1 Å². The average molecular weight is 309 g/mol. The predicted octanol–water partition coefficient (Wildman–Crippen LogP) is 4.29. The highest BCUT2D eigenvalue weighted by atomic mass is 79.9. The van der Waals surface area contributed by atoms with Crippen molar-refractivity contribution in [2.45, 2.75) is 20.0 Å². The van der Waals surface area contributed by atoms with E-state index in [-0.39, 0.29) is 5.82 Å². The molecule has 0 aliphatic rings. The van der Waals surface area contributed by atoms with Gasteiger partial charge in [0.1, 0.15) is 11.9 Å². The first-order chi connectivity index (χ1) is 8.47. The summed E-state index contributed by atoms with van der Waals surface area (Å²) in [5, 5.41) is 10.4. The minimum atomic E-state index is -0.808. The summed E-state index contributed by atoms with van der Waals surface area (Å²) in [6.45, 7) is 3.82. The first-order valence-electron chi connectivity index (χ1n) is 5.68. The smallest absolute Gasteiger partial charge is 0.123 e. The molecular formula is C15H14BrFO. The lowest BCUT2D eigenvalue weighted by atomic mass is 9.96. The third-order valence-corrected chi connectivity index (χ3v) is 3.37. The second-order valence-corrected chi connectivity index (χ2v) is 5.38. The molecular weight excluding hydrogens is 295 g/mol. The minimum Gasteiger partial charge on any atom is -0.384 e. The van der Waals surface area contributed by atoms with E-state index in [1.807, 2.05) is 32.0 Å². The van der Waals surface area contributed by atoms with Gasteiger partial charge in [-0.3, -0.25) is 0 Å². The van der Waals surface area contributed by atoms with Crippen LogP contribution in [-0.2, 0) is 0 Å². The topological polar surface area (TPSA) is 20.2 Å². The number of aliphatic hydroxyl groups is 1. The fourth-order valence-corrected chi connectivity index (χ4v) is 2.63. The van der Waals surface area contributed by atoms with Crippen LogP contribution in [0.2, 0.25) is 0 Å². The Kier molecular flexibility index (Phi) is 3.83. The van der Waals surface area contributed by atoms with Crippen molar-refractivity contribution in [3.63, 3.8) is 0 Å². The summed E-state index contributed by atoms with van der Waals surface area (Å²) in [5.74, 6) is -0.332. The molecule has 0 amide bonds. The number of rotatable bonds is 2. The van der Waals surface area contributed by atoms with E-state index in [4.69, 9.17) is 0 Å². The van der Waals surface area contributed by atoms with Crippen LogP contribution in [0.25, 0.3) is 0 Å². The fraction of sp³-hybridized carbons (Fsp3) is 0.200. The van der Waals surface area contributed by atoms with Crippen LogP contribution in [0.15, 0.2) is 40.9 Å². The highest BCUT2D eigenvalue weighted by molar-refractivity contribution is 9.10. The highest BCUT2D eigenvalue weighted by Gasteiger charge is 2.14. The Labute approximate surface area is 114 Å². The molecule has 94 valence electrons. The van der Waals surface area contributed by atoms with Gasteiger partial charge in [-0.15, -0.1) is 0 Å². The Morgan fingerprint density at radius 1 is 1.11 bits per heavy atom. The van der Waals surface area contributed by atoms with Crippen LogP contribution in [0.1, 0.15) is 28.4 Å². The van der Waals surface area contributed by atoms with Crippen molar-refractivity contribution in [1.29, 1.82) is 0 Å². The van der Waals surface area contributed by atoms with Crippen molar-refractivity contribution in [2.75, 3.05) is 0 Å². The molecule has 0 saturated carbocycles. The lowest BCUT2D eigenvalue weighted by Crippen LogP contribution is -2.03. The molecule has 2 rings (SSSR count). The third-order valence-electron chi connectivity index (χ3n) is 2.92. The van der Waals surface area contributed by atoms with Crippen LogP contribution in [0.5, 0.6) is 0 Å². The molecule has 0 radical (unpaired) electrons. The van der Waals surface area contributed by atoms with E-state index < -0.39 is 6.10 Å². The summed E-state index contributed by atoms with van der Waals surface area (Å²) >= 11 is 3.40. The summed E-state index contributed by atoms with van der Waals surface area (Å²) in [5.41, 5.74) is 3.29. The number of benzene rings is 2. The van der Waals surface area contributed by atoms with E-state index in [1.165, 1.54) is 12.1 Å². The van der Waals surface area contributed by atoms with Crippen molar-refractivity contribution in [2.24, 2.45) is 0 Å². The second-order valence-electron chi connectivity index (χ2n) is 4.47. The third kappa shape index (κ3) is 2.79. The number of aryl methyl sites for hydroxylation is 2. The number of hydrogen-bond acceptors (Lipinski definition) is 1. The zero-order chi connectivity index (χ0) is 13.3. The van der Waals surface area contributed by atoms with E-state index in [2.05, 4.69) is 15.9 Å². The molecule has 0 saturated heterocycles. The summed E-state index contributed by atoms with van der Waals surface area (Å²) < 4.78 is 14.2. The molecule has 2 aromatic carbocycles. The van der Waals surface area contributed by atoms with E-state index in [9.17, 15) is 9.50 Å². The first-order valence-corrected chi connectivity index (χ1v) is 6.48. The van der Waals surface area contributed by atoms with Gasteiger partial charge in [0.25, 0.3) is 0 Å². The van der Waals surface area contributed by atoms with Crippen molar-refractivity contribution in [3.05, 3.63) is 68.9 Å². The maximum Gasteiger partial charge on any atom is 0.123 e. The van der Waals surface area contributed by atoms with Crippen LogP contribution >= 0.6 is 15.9 Å². The number of halogens is 2. The molecule has 0 spiro atoms. The molecule has 1 atom stereocenters. The summed E-state index contributed by atoms with van der Waals surface area (Å²) in [4.78, 5) is 0. The highest BCUT2D eigenvalue weighted by Crippen LogP contribution is 2.28. The molecule has 0 aliphatic heterocycles. The van der Waals surface area contributed by atoms with Crippen molar-refractivity contribution < 1.29 is 9.50 Å². The van der Waals surface area contributed by atoms with Gasteiger partial charge in [0, 0.05) is 4.47 Å². The zero-order valence-electron chi connectivity index (χ0n) is 10.2. The first kappa shape index (κ1) is 13.2. The van der Waals surface area contributed by atoms with Gasteiger partial charge >= 0.3 is 0 Å². The van der Waals surface area contributed by atoms with Crippen molar-refractivity contribution in [3.8, 4) is 0 Å². The molecule has 1 N–H and O–H groups in total. The summed E-state index contributed by atoms with van der Waals surface area (Å²) in [7, 11) is 0. The summed E-state index contributed by atoms with van der Waals surface area (Å²) in [6.07, 6.45) is -0.808. The maximum atomic E-state index is 13.3. The lowest BCUT2D eigenvalue weighted by molar-refractivity contribution is 0.219. The standard InChI is InChI=1S/C15H14BrFO/c1-9-5-11(7-12(16)6-9)15(18)14-8-13(17)4-3-10(14)2/h3-8,15,18H,1-2H3. The number of hydrogen-bond donors (Lipinski definition) is 1.